The molecular weight excluding hydrogens is 402 g/mol. The van der Waals surface area contributed by atoms with Crippen molar-refractivity contribution in [2.75, 3.05) is 9.62 Å². The van der Waals surface area contributed by atoms with Gasteiger partial charge in [0.25, 0.3) is 21.8 Å². The molecule has 2 aromatic carbocycles. The molecule has 2 amide bonds. The molecular formula is C19H12ClN3O4S. The average Bonchev–Trinajstić information content (AvgIpc) is 2.94. The molecule has 1 aromatic heterocycles. The summed E-state index contributed by atoms with van der Waals surface area (Å²) >= 11 is 6.05. The molecule has 1 N–H and O–H groups in total. The highest BCUT2D eigenvalue weighted by Crippen LogP contribution is 2.33. The van der Waals surface area contributed by atoms with Crippen molar-refractivity contribution in [1.82, 2.24) is 4.98 Å². The molecule has 140 valence electrons. The molecule has 2 heterocycles. The van der Waals surface area contributed by atoms with Crippen molar-refractivity contribution in [2.45, 2.75) is 4.90 Å². The number of hydrogen-bond acceptors (Lipinski definition) is 5. The minimum Gasteiger partial charge on any atom is -0.268 e. The maximum Gasteiger partial charge on any atom is 0.267 e. The van der Waals surface area contributed by atoms with E-state index in [4.69, 9.17) is 11.6 Å². The molecule has 28 heavy (non-hydrogen) atoms. The van der Waals surface area contributed by atoms with Gasteiger partial charge in [0.15, 0.2) is 0 Å². The van der Waals surface area contributed by atoms with Crippen LogP contribution in [0, 0.1) is 0 Å². The lowest BCUT2D eigenvalue weighted by Gasteiger charge is -2.14. The summed E-state index contributed by atoms with van der Waals surface area (Å²) < 4.78 is 27.3. The summed E-state index contributed by atoms with van der Waals surface area (Å²) in [5, 5.41) is 0.192. The number of rotatable bonds is 4. The lowest BCUT2D eigenvalue weighted by Crippen LogP contribution is -2.29. The van der Waals surface area contributed by atoms with E-state index in [0.717, 1.165) is 4.90 Å². The fraction of sp³-hybridized carbons (Fsp3) is 0. The topological polar surface area (TPSA) is 96.4 Å². The van der Waals surface area contributed by atoms with Crippen LogP contribution >= 0.6 is 11.6 Å². The van der Waals surface area contributed by atoms with Gasteiger partial charge in [0, 0.05) is 6.20 Å². The highest BCUT2D eigenvalue weighted by atomic mass is 35.5. The summed E-state index contributed by atoms with van der Waals surface area (Å²) in [5.74, 6) is -0.876. The van der Waals surface area contributed by atoms with Crippen molar-refractivity contribution >= 4 is 44.9 Å². The largest absolute Gasteiger partial charge is 0.268 e. The van der Waals surface area contributed by atoms with Crippen LogP contribution in [0.4, 0.5) is 11.5 Å². The van der Waals surface area contributed by atoms with Crippen molar-refractivity contribution in [2.24, 2.45) is 0 Å². The van der Waals surface area contributed by atoms with E-state index >= 15 is 0 Å². The van der Waals surface area contributed by atoms with Gasteiger partial charge in [-0.15, -0.1) is 0 Å². The van der Waals surface area contributed by atoms with Gasteiger partial charge in [0.05, 0.1) is 26.7 Å². The molecule has 0 fully saturated rings. The zero-order valence-electron chi connectivity index (χ0n) is 14.2. The summed E-state index contributed by atoms with van der Waals surface area (Å²) in [5.41, 5.74) is 0.604. The van der Waals surface area contributed by atoms with E-state index in [1.54, 1.807) is 18.2 Å². The number of aromatic nitrogens is 1. The fourth-order valence-corrected chi connectivity index (χ4v) is 4.14. The van der Waals surface area contributed by atoms with E-state index in [0.29, 0.717) is 0 Å². The van der Waals surface area contributed by atoms with Gasteiger partial charge in [-0.2, -0.15) is 0 Å². The van der Waals surface area contributed by atoms with Gasteiger partial charge in [-0.1, -0.05) is 23.7 Å². The number of hydrogen-bond donors (Lipinski definition) is 1. The normalized spacial score (nSPS) is 13.5. The smallest absolute Gasteiger partial charge is 0.267 e. The first-order valence-electron chi connectivity index (χ1n) is 8.10. The van der Waals surface area contributed by atoms with Crippen LogP contribution in [0.5, 0.6) is 0 Å². The van der Waals surface area contributed by atoms with Crippen molar-refractivity contribution in [3.63, 3.8) is 0 Å². The number of imide groups is 1. The summed E-state index contributed by atoms with van der Waals surface area (Å²) in [7, 11) is -3.86. The number of pyridine rings is 1. The van der Waals surface area contributed by atoms with E-state index in [1.807, 2.05) is 0 Å². The summed E-state index contributed by atoms with van der Waals surface area (Å²) in [6.45, 7) is 0. The Morgan fingerprint density at radius 3 is 2.29 bits per heavy atom. The van der Waals surface area contributed by atoms with Crippen LogP contribution in [0.3, 0.4) is 0 Å². The minimum atomic E-state index is -3.86. The van der Waals surface area contributed by atoms with Crippen LogP contribution < -0.4 is 9.62 Å². The Morgan fingerprint density at radius 2 is 1.64 bits per heavy atom. The van der Waals surface area contributed by atoms with Gasteiger partial charge in [-0.3, -0.25) is 14.3 Å². The molecule has 0 saturated carbocycles. The summed E-state index contributed by atoms with van der Waals surface area (Å²) in [6.07, 6.45) is 1.47. The third-order valence-corrected chi connectivity index (χ3v) is 5.86. The van der Waals surface area contributed by atoms with Crippen molar-refractivity contribution in [3.05, 3.63) is 83.0 Å². The van der Waals surface area contributed by atoms with Crippen LogP contribution in [0.25, 0.3) is 0 Å². The Hall–Kier alpha value is -3.23. The number of carbonyl (C=O) groups is 2. The van der Waals surface area contributed by atoms with E-state index in [9.17, 15) is 18.0 Å². The molecule has 4 rings (SSSR count). The predicted octanol–water partition coefficient (Wildman–Crippen LogP) is 3.34. The molecule has 0 bridgehead atoms. The molecule has 1 aliphatic heterocycles. The number of carbonyl (C=O) groups excluding carboxylic acids is 2. The Kier molecular flexibility index (Phi) is 4.37. The molecule has 0 unspecified atom stereocenters. The second-order valence-corrected chi connectivity index (χ2v) is 8.01. The molecule has 0 spiro atoms. The molecule has 1 aliphatic rings. The van der Waals surface area contributed by atoms with Gasteiger partial charge in [-0.25, -0.2) is 18.3 Å². The van der Waals surface area contributed by atoms with Crippen LogP contribution in [0.1, 0.15) is 20.7 Å². The molecule has 0 aliphatic carbocycles. The lowest BCUT2D eigenvalue weighted by molar-refractivity contribution is 0.0926. The van der Waals surface area contributed by atoms with Crippen LogP contribution in [0.2, 0.25) is 5.02 Å². The fourth-order valence-electron chi connectivity index (χ4n) is 2.87. The maximum atomic E-state index is 12.6. The van der Waals surface area contributed by atoms with E-state index in [2.05, 4.69) is 9.71 Å². The highest BCUT2D eigenvalue weighted by Gasteiger charge is 2.38. The Morgan fingerprint density at radius 1 is 0.893 bits per heavy atom. The van der Waals surface area contributed by atoms with Crippen molar-refractivity contribution in [3.8, 4) is 0 Å². The second kappa shape index (κ2) is 6.74. The zero-order chi connectivity index (χ0) is 19.9. The number of halogens is 1. The first kappa shape index (κ1) is 18.1. The molecule has 0 radical (unpaired) electrons. The summed E-state index contributed by atoms with van der Waals surface area (Å²) in [6, 6.07) is 14.9. The number of fused-ring (bicyclic) bond motifs is 1. The van der Waals surface area contributed by atoms with E-state index < -0.39 is 21.8 Å². The monoisotopic (exact) mass is 413 g/mol. The number of amides is 2. The van der Waals surface area contributed by atoms with Gasteiger partial charge in [0.1, 0.15) is 5.82 Å². The number of nitrogens with one attached hydrogen (secondary N) is 1. The lowest BCUT2D eigenvalue weighted by atomic mass is 10.1. The van der Waals surface area contributed by atoms with Gasteiger partial charge < -0.3 is 0 Å². The third kappa shape index (κ3) is 3.02. The first-order valence-corrected chi connectivity index (χ1v) is 9.96. The van der Waals surface area contributed by atoms with Crippen molar-refractivity contribution < 1.29 is 18.0 Å². The SMILES string of the molecule is O=C1c2cccc(Cl)c2C(=O)N1c1ccc(S(=O)(=O)Nc2ccccn2)cc1. The predicted molar refractivity (Wildman–Crippen MR) is 104 cm³/mol. The minimum absolute atomic E-state index is 0.0310. The summed E-state index contributed by atoms with van der Waals surface area (Å²) in [4.78, 5) is 30.1. The third-order valence-electron chi connectivity index (χ3n) is 4.17. The van der Waals surface area contributed by atoms with Gasteiger partial charge in [-0.05, 0) is 48.5 Å². The second-order valence-electron chi connectivity index (χ2n) is 5.92. The van der Waals surface area contributed by atoms with E-state index in [-0.39, 0.29) is 32.6 Å². The first-order chi connectivity index (χ1) is 13.4. The highest BCUT2D eigenvalue weighted by molar-refractivity contribution is 7.92. The van der Waals surface area contributed by atoms with E-state index in [1.165, 1.54) is 48.7 Å². The average molecular weight is 414 g/mol. The van der Waals surface area contributed by atoms with Gasteiger partial charge >= 0.3 is 0 Å². The Labute approximate surface area is 165 Å². The number of sulfonamides is 1. The van der Waals surface area contributed by atoms with Crippen LogP contribution in [-0.2, 0) is 10.0 Å². The maximum absolute atomic E-state index is 12.6. The molecule has 0 atom stereocenters. The Balaban J connectivity index is 1.63. The van der Waals surface area contributed by atoms with Crippen molar-refractivity contribution in [1.29, 1.82) is 0 Å². The van der Waals surface area contributed by atoms with Crippen LogP contribution in [0.15, 0.2) is 71.8 Å². The molecule has 9 heteroatoms. The molecule has 3 aromatic rings. The zero-order valence-corrected chi connectivity index (χ0v) is 15.7. The number of nitrogens with zero attached hydrogens (tertiary/aromatic N) is 2. The quantitative estimate of drug-likeness (QED) is 0.662. The number of benzene rings is 2. The standard InChI is InChI=1S/C19H12ClN3O4S/c20-15-5-3-4-14-17(15)19(25)23(18(14)24)12-7-9-13(10-8-12)28(26,27)22-16-6-1-2-11-21-16/h1-11H,(H,21,22). The molecule has 7 nitrogen and oxygen atoms in total. The van der Waals surface area contributed by atoms with Crippen LogP contribution in [-0.4, -0.2) is 25.2 Å². The number of anilines is 2. The molecule has 0 saturated heterocycles. The van der Waals surface area contributed by atoms with Gasteiger partial charge in [0.2, 0.25) is 0 Å². The Bertz CT molecular complexity index is 1200.